The SMILES string of the molecule is O=C(Cc1ccccc1Cl)NCCCc1cnoc1. The van der Waals surface area contributed by atoms with E-state index in [9.17, 15) is 4.79 Å². The van der Waals surface area contributed by atoms with Gasteiger partial charge in [-0.2, -0.15) is 0 Å². The number of nitrogens with one attached hydrogen (secondary N) is 1. The third-order valence-electron chi connectivity index (χ3n) is 2.76. The minimum Gasteiger partial charge on any atom is -0.364 e. The zero-order chi connectivity index (χ0) is 13.5. The summed E-state index contributed by atoms with van der Waals surface area (Å²) in [6.07, 6.45) is 5.31. The van der Waals surface area contributed by atoms with Gasteiger partial charge in [0.05, 0.1) is 12.6 Å². The minimum absolute atomic E-state index is 0.0154. The molecule has 0 unspecified atom stereocenters. The molecule has 0 atom stereocenters. The summed E-state index contributed by atoms with van der Waals surface area (Å²) in [5.74, 6) is -0.0154. The van der Waals surface area contributed by atoms with Crippen LogP contribution >= 0.6 is 11.6 Å². The van der Waals surface area contributed by atoms with Crippen molar-refractivity contribution in [3.63, 3.8) is 0 Å². The van der Waals surface area contributed by atoms with Crippen LogP contribution in [-0.2, 0) is 17.6 Å². The van der Waals surface area contributed by atoms with Gasteiger partial charge in [0.15, 0.2) is 0 Å². The van der Waals surface area contributed by atoms with Gasteiger partial charge < -0.3 is 9.84 Å². The van der Waals surface area contributed by atoms with Gasteiger partial charge in [0.1, 0.15) is 6.26 Å². The number of aromatic nitrogens is 1. The van der Waals surface area contributed by atoms with E-state index in [2.05, 4.69) is 10.5 Å². The van der Waals surface area contributed by atoms with Gasteiger partial charge in [0.2, 0.25) is 5.91 Å². The number of halogens is 1. The molecule has 0 aliphatic carbocycles. The van der Waals surface area contributed by atoms with Crippen molar-refractivity contribution in [3.05, 3.63) is 52.9 Å². The van der Waals surface area contributed by atoms with Crippen molar-refractivity contribution < 1.29 is 9.32 Å². The molecule has 0 fully saturated rings. The number of hydrogen-bond acceptors (Lipinski definition) is 3. The highest BCUT2D eigenvalue weighted by Gasteiger charge is 2.05. The molecule has 0 aliphatic rings. The Morgan fingerprint density at radius 1 is 1.37 bits per heavy atom. The van der Waals surface area contributed by atoms with Gasteiger partial charge in [-0.3, -0.25) is 4.79 Å². The first kappa shape index (κ1) is 13.6. The molecule has 1 aromatic heterocycles. The number of carbonyl (C=O) groups is 1. The van der Waals surface area contributed by atoms with Crippen LogP contribution in [0.25, 0.3) is 0 Å². The molecule has 1 aromatic carbocycles. The van der Waals surface area contributed by atoms with Crippen LogP contribution in [0.15, 0.2) is 41.2 Å². The summed E-state index contributed by atoms with van der Waals surface area (Å²) < 4.78 is 4.73. The maximum atomic E-state index is 11.7. The van der Waals surface area contributed by atoms with E-state index in [1.54, 1.807) is 18.5 Å². The summed E-state index contributed by atoms with van der Waals surface area (Å²) in [4.78, 5) is 11.7. The average molecular weight is 279 g/mol. The largest absolute Gasteiger partial charge is 0.364 e. The molecule has 0 bridgehead atoms. The molecule has 5 heteroatoms. The summed E-state index contributed by atoms with van der Waals surface area (Å²) in [6, 6.07) is 7.37. The molecule has 0 spiro atoms. The Morgan fingerprint density at radius 3 is 2.95 bits per heavy atom. The van der Waals surface area contributed by atoms with E-state index in [1.165, 1.54) is 0 Å². The third kappa shape index (κ3) is 4.41. The van der Waals surface area contributed by atoms with Crippen molar-refractivity contribution >= 4 is 17.5 Å². The molecule has 2 aromatic rings. The van der Waals surface area contributed by atoms with Crippen LogP contribution in [0.4, 0.5) is 0 Å². The third-order valence-corrected chi connectivity index (χ3v) is 3.13. The highest BCUT2D eigenvalue weighted by molar-refractivity contribution is 6.31. The van der Waals surface area contributed by atoms with Gasteiger partial charge in [0, 0.05) is 17.1 Å². The van der Waals surface area contributed by atoms with E-state index in [1.807, 2.05) is 18.2 Å². The van der Waals surface area contributed by atoms with Crippen molar-refractivity contribution in [2.45, 2.75) is 19.3 Å². The molecule has 1 heterocycles. The standard InChI is InChI=1S/C14H15ClN2O2/c15-13-6-2-1-5-12(13)8-14(18)16-7-3-4-11-9-17-19-10-11/h1-2,5-6,9-10H,3-4,7-8H2,(H,16,18). The molecule has 19 heavy (non-hydrogen) atoms. The Morgan fingerprint density at radius 2 is 2.21 bits per heavy atom. The summed E-state index contributed by atoms with van der Waals surface area (Å²) in [5.41, 5.74) is 1.89. The van der Waals surface area contributed by atoms with Gasteiger partial charge in [-0.25, -0.2) is 0 Å². The second-order valence-electron chi connectivity index (χ2n) is 4.25. The number of rotatable bonds is 6. The molecule has 1 amide bonds. The van der Waals surface area contributed by atoms with Crippen molar-refractivity contribution in [3.8, 4) is 0 Å². The van der Waals surface area contributed by atoms with Crippen molar-refractivity contribution in [2.75, 3.05) is 6.54 Å². The Hall–Kier alpha value is -1.81. The van der Waals surface area contributed by atoms with E-state index >= 15 is 0 Å². The quantitative estimate of drug-likeness (QED) is 0.827. The summed E-state index contributed by atoms with van der Waals surface area (Å²) in [7, 11) is 0. The first-order valence-electron chi connectivity index (χ1n) is 6.14. The molecule has 2 rings (SSSR count). The Kier molecular flexibility index (Phi) is 4.98. The maximum Gasteiger partial charge on any atom is 0.224 e. The van der Waals surface area contributed by atoms with E-state index in [0.717, 1.165) is 24.0 Å². The van der Waals surface area contributed by atoms with Crippen LogP contribution in [0.3, 0.4) is 0 Å². The molecule has 0 saturated heterocycles. The lowest BCUT2D eigenvalue weighted by molar-refractivity contribution is -0.120. The van der Waals surface area contributed by atoms with Gasteiger partial charge >= 0.3 is 0 Å². The fraction of sp³-hybridized carbons (Fsp3) is 0.286. The molecular weight excluding hydrogens is 264 g/mol. The lowest BCUT2D eigenvalue weighted by Crippen LogP contribution is -2.26. The Balaban J connectivity index is 1.69. The van der Waals surface area contributed by atoms with Crippen molar-refractivity contribution in [1.29, 1.82) is 0 Å². The van der Waals surface area contributed by atoms with Crippen molar-refractivity contribution in [2.24, 2.45) is 0 Å². The van der Waals surface area contributed by atoms with Crippen LogP contribution in [0.1, 0.15) is 17.5 Å². The number of hydrogen-bond donors (Lipinski definition) is 1. The highest BCUT2D eigenvalue weighted by atomic mass is 35.5. The number of aryl methyl sites for hydroxylation is 1. The van der Waals surface area contributed by atoms with Crippen molar-refractivity contribution in [1.82, 2.24) is 10.5 Å². The smallest absolute Gasteiger partial charge is 0.224 e. The summed E-state index contributed by atoms with van der Waals surface area (Å²) >= 11 is 6.00. The van der Waals surface area contributed by atoms with Crippen LogP contribution in [0.2, 0.25) is 5.02 Å². The lowest BCUT2D eigenvalue weighted by atomic mass is 10.1. The van der Waals surface area contributed by atoms with Gasteiger partial charge in [-0.15, -0.1) is 0 Å². The zero-order valence-corrected chi connectivity index (χ0v) is 11.2. The topological polar surface area (TPSA) is 55.1 Å². The number of nitrogens with zero attached hydrogens (tertiary/aromatic N) is 1. The van der Waals surface area contributed by atoms with Crippen LogP contribution in [0.5, 0.6) is 0 Å². The lowest BCUT2D eigenvalue weighted by Gasteiger charge is -2.06. The van der Waals surface area contributed by atoms with E-state index in [0.29, 0.717) is 18.0 Å². The fourth-order valence-corrected chi connectivity index (χ4v) is 1.95. The van der Waals surface area contributed by atoms with E-state index in [-0.39, 0.29) is 5.91 Å². The second kappa shape index (κ2) is 6.95. The fourth-order valence-electron chi connectivity index (χ4n) is 1.75. The van der Waals surface area contributed by atoms with Crippen LogP contribution < -0.4 is 5.32 Å². The van der Waals surface area contributed by atoms with E-state index < -0.39 is 0 Å². The van der Waals surface area contributed by atoms with Gasteiger partial charge in [-0.1, -0.05) is 35.0 Å². The second-order valence-corrected chi connectivity index (χ2v) is 4.66. The Labute approximate surface area is 116 Å². The maximum absolute atomic E-state index is 11.7. The highest BCUT2D eigenvalue weighted by Crippen LogP contribution is 2.15. The summed E-state index contributed by atoms with van der Waals surface area (Å²) in [5, 5.41) is 7.12. The Bertz CT molecular complexity index is 526. The monoisotopic (exact) mass is 278 g/mol. The predicted octanol–water partition coefficient (Wildman–Crippen LogP) is 2.62. The molecule has 0 saturated carbocycles. The van der Waals surface area contributed by atoms with E-state index in [4.69, 9.17) is 16.1 Å². The first-order valence-corrected chi connectivity index (χ1v) is 6.52. The molecule has 100 valence electrons. The van der Waals surface area contributed by atoms with Gasteiger partial charge in [0.25, 0.3) is 0 Å². The predicted molar refractivity (Wildman–Crippen MR) is 73.0 cm³/mol. The average Bonchev–Trinajstić information content (AvgIpc) is 2.91. The molecule has 0 radical (unpaired) electrons. The summed E-state index contributed by atoms with van der Waals surface area (Å²) in [6.45, 7) is 0.633. The molecule has 1 N–H and O–H groups in total. The van der Waals surface area contributed by atoms with Gasteiger partial charge in [-0.05, 0) is 24.5 Å². The first-order chi connectivity index (χ1) is 9.25. The molecular formula is C14H15ClN2O2. The van der Waals surface area contributed by atoms with Crippen LogP contribution in [-0.4, -0.2) is 17.6 Å². The normalized spacial score (nSPS) is 10.4. The molecule has 4 nitrogen and oxygen atoms in total. The zero-order valence-electron chi connectivity index (χ0n) is 10.4. The molecule has 0 aliphatic heterocycles. The minimum atomic E-state index is -0.0154. The number of benzene rings is 1. The number of carbonyl (C=O) groups excluding carboxylic acids is 1. The van der Waals surface area contributed by atoms with Crippen LogP contribution in [0, 0.1) is 0 Å². The number of amides is 1.